The molecule has 1 heterocycles. The third kappa shape index (κ3) is 4.16. The van der Waals surface area contributed by atoms with Crippen LogP contribution in [0.15, 0.2) is 30.6 Å². The summed E-state index contributed by atoms with van der Waals surface area (Å²) in [5, 5.41) is 21.7. The van der Waals surface area contributed by atoms with E-state index < -0.39 is 4.92 Å². The number of nitrogens with one attached hydrogen (secondary N) is 1. The molecule has 0 unspecified atom stereocenters. The van der Waals surface area contributed by atoms with Gasteiger partial charge in [-0.05, 0) is 12.5 Å². The minimum atomic E-state index is -0.440. The Kier molecular flexibility index (Phi) is 5.08. The summed E-state index contributed by atoms with van der Waals surface area (Å²) < 4.78 is 7.13. The molecule has 0 atom stereocenters. The van der Waals surface area contributed by atoms with Crippen LogP contribution in [0.5, 0.6) is 5.75 Å². The topological polar surface area (TPSA) is 95.1 Å². The summed E-state index contributed by atoms with van der Waals surface area (Å²) in [6.45, 7) is 3.69. The van der Waals surface area contributed by atoms with Gasteiger partial charge >= 0.3 is 5.69 Å². The largest absolute Gasteiger partial charge is 0.487 e. The molecule has 1 aromatic carbocycles. The van der Waals surface area contributed by atoms with Crippen molar-refractivity contribution in [1.29, 1.82) is 0 Å². The predicted octanol–water partition coefficient (Wildman–Crippen LogP) is 2.09. The fourth-order valence-corrected chi connectivity index (χ4v) is 1.77. The number of aromatic nitrogens is 3. The van der Waals surface area contributed by atoms with E-state index in [-0.39, 0.29) is 11.4 Å². The van der Waals surface area contributed by atoms with E-state index >= 15 is 0 Å². The highest BCUT2D eigenvalue weighted by molar-refractivity contribution is 5.57. The fraction of sp³-hybridized carbons (Fsp3) is 0.385. The zero-order chi connectivity index (χ0) is 15.1. The van der Waals surface area contributed by atoms with Crippen molar-refractivity contribution < 1.29 is 9.66 Å². The number of ether oxygens (including phenoxy) is 1. The molecule has 2 rings (SSSR count). The third-order valence-electron chi connectivity index (χ3n) is 2.76. The van der Waals surface area contributed by atoms with Crippen molar-refractivity contribution in [2.45, 2.75) is 19.9 Å². The molecule has 0 spiro atoms. The second-order valence-corrected chi connectivity index (χ2v) is 4.38. The van der Waals surface area contributed by atoms with Crippen LogP contribution in [-0.4, -0.2) is 33.1 Å². The summed E-state index contributed by atoms with van der Waals surface area (Å²) in [6.07, 6.45) is 4.18. The number of rotatable bonds is 8. The molecule has 0 aliphatic rings. The number of nitro benzene ring substituents is 1. The highest BCUT2D eigenvalue weighted by Gasteiger charge is 2.15. The van der Waals surface area contributed by atoms with Crippen LogP contribution >= 0.6 is 0 Å². The Morgan fingerprint density at radius 1 is 1.48 bits per heavy atom. The van der Waals surface area contributed by atoms with Gasteiger partial charge in [-0.1, -0.05) is 12.1 Å². The molecule has 21 heavy (non-hydrogen) atoms. The first-order valence-corrected chi connectivity index (χ1v) is 6.70. The monoisotopic (exact) mass is 291 g/mol. The Morgan fingerprint density at radius 3 is 3.00 bits per heavy atom. The number of nitro groups is 1. The molecule has 0 saturated carbocycles. The molecule has 8 nitrogen and oxygen atoms in total. The Hall–Kier alpha value is -2.64. The molecular formula is C13H17N5O3. The number of nitrogens with zero attached hydrogens (tertiary/aromatic N) is 4. The van der Waals surface area contributed by atoms with Gasteiger partial charge in [0, 0.05) is 30.6 Å². The Balaban J connectivity index is 2.00. The SMILES string of the molecule is CCCOc1cc(NCCn2ccnn2)ccc1[N+](=O)[O-]. The lowest BCUT2D eigenvalue weighted by atomic mass is 10.2. The molecule has 0 aliphatic heterocycles. The maximum atomic E-state index is 11.0. The minimum Gasteiger partial charge on any atom is -0.487 e. The van der Waals surface area contributed by atoms with Crippen LogP contribution in [0, 0.1) is 10.1 Å². The number of anilines is 1. The van der Waals surface area contributed by atoms with Gasteiger partial charge in [0.15, 0.2) is 5.75 Å². The molecule has 112 valence electrons. The molecule has 1 N–H and O–H groups in total. The van der Waals surface area contributed by atoms with Crippen LogP contribution in [0.4, 0.5) is 11.4 Å². The van der Waals surface area contributed by atoms with Gasteiger partial charge in [-0.3, -0.25) is 14.8 Å². The lowest BCUT2D eigenvalue weighted by Crippen LogP contribution is -2.11. The van der Waals surface area contributed by atoms with E-state index in [1.54, 1.807) is 29.2 Å². The number of benzene rings is 1. The van der Waals surface area contributed by atoms with E-state index in [9.17, 15) is 10.1 Å². The Labute approximate surface area is 121 Å². The summed E-state index contributed by atoms with van der Waals surface area (Å²) in [6, 6.07) is 4.76. The van der Waals surface area contributed by atoms with Crippen LogP contribution in [0.25, 0.3) is 0 Å². The number of hydrogen-bond donors (Lipinski definition) is 1. The van der Waals surface area contributed by atoms with E-state index in [1.165, 1.54) is 6.07 Å². The molecule has 0 aliphatic carbocycles. The predicted molar refractivity (Wildman–Crippen MR) is 77.4 cm³/mol. The van der Waals surface area contributed by atoms with Crippen molar-refractivity contribution in [3.63, 3.8) is 0 Å². The minimum absolute atomic E-state index is 0.0229. The Morgan fingerprint density at radius 2 is 2.33 bits per heavy atom. The van der Waals surface area contributed by atoms with Crippen LogP contribution in [0.3, 0.4) is 0 Å². The van der Waals surface area contributed by atoms with Gasteiger partial charge in [-0.25, -0.2) is 0 Å². The van der Waals surface area contributed by atoms with Gasteiger partial charge in [-0.15, -0.1) is 5.10 Å². The smallest absolute Gasteiger partial charge is 0.311 e. The molecule has 8 heteroatoms. The molecule has 0 amide bonds. The second kappa shape index (κ2) is 7.22. The van der Waals surface area contributed by atoms with E-state index in [0.717, 1.165) is 12.1 Å². The van der Waals surface area contributed by atoms with Gasteiger partial charge in [-0.2, -0.15) is 0 Å². The van der Waals surface area contributed by atoms with Crippen LogP contribution in [0.2, 0.25) is 0 Å². The molecule has 0 radical (unpaired) electrons. The average molecular weight is 291 g/mol. The Bertz CT molecular complexity index is 585. The quantitative estimate of drug-likeness (QED) is 0.591. The van der Waals surface area contributed by atoms with Gasteiger partial charge in [0.05, 0.1) is 24.3 Å². The van der Waals surface area contributed by atoms with E-state index in [2.05, 4.69) is 15.6 Å². The fourth-order valence-electron chi connectivity index (χ4n) is 1.77. The van der Waals surface area contributed by atoms with E-state index in [4.69, 9.17) is 4.74 Å². The molecule has 0 fully saturated rings. The van der Waals surface area contributed by atoms with Crippen molar-refractivity contribution in [1.82, 2.24) is 15.0 Å². The summed E-state index contributed by atoms with van der Waals surface area (Å²) >= 11 is 0. The summed E-state index contributed by atoms with van der Waals surface area (Å²) in [5.74, 6) is 0.285. The van der Waals surface area contributed by atoms with Crippen molar-refractivity contribution >= 4 is 11.4 Å². The summed E-state index contributed by atoms with van der Waals surface area (Å²) in [4.78, 5) is 10.5. The lowest BCUT2D eigenvalue weighted by molar-refractivity contribution is -0.385. The maximum absolute atomic E-state index is 11.0. The van der Waals surface area contributed by atoms with Crippen molar-refractivity contribution in [3.8, 4) is 5.75 Å². The zero-order valence-electron chi connectivity index (χ0n) is 11.7. The molecule has 2 aromatic rings. The van der Waals surface area contributed by atoms with E-state index in [0.29, 0.717) is 19.7 Å². The van der Waals surface area contributed by atoms with Crippen molar-refractivity contribution in [2.75, 3.05) is 18.5 Å². The van der Waals surface area contributed by atoms with Gasteiger partial charge in [0.25, 0.3) is 0 Å². The maximum Gasteiger partial charge on any atom is 0.311 e. The van der Waals surface area contributed by atoms with E-state index in [1.807, 2.05) is 6.92 Å². The van der Waals surface area contributed by atoms with Crippen LogP contribution in [-0.2, 0) is 6.54 Å². The normalized spacial score (nSPS) is 10.3. The molecule has 0 saturated heterocycles. The first kappa shape index (κ1) is 14.8. The van der Waals surface area contributed by atoms with Crippen molar-refractivity contribution in [2.24, 2.45) is 0 Å². The highest BCUT2D eigenvalue weighted by atomic mass is 16.6. The molecular weight excluding hydrogens is 274 g/mol. The second-order valence-electron chi connectivity index (χ2n) is 4.38. The summed E-state index contributed by atoms with van der Waals surface area (Å²) in [7, 11) is 0. The van der Waals surface area contributed by atoms with Crippen molar-refractivity contribution in [3.05, 3.63) is 40.7 Å². The third-order valence-corrected chi connectivity index (χ3v) is 2.76. The highest BCUT2D eigenvalue weighted by Crippen LogP contribution is 2.30. The standard InChI is InChI=1S/C13H17N5O3/c1-2-9-21-13-10-11(3-4-12(13)18(19)20)14-5-7-17-8-6-15-16-17/h3-4,6,8,10,14H,2,5,7,9H2,1H3. The van der Waals surface area contributed by atoms with Gasteiger partial charge in [0.1, 0.15) is 0 Å². The van der Waals surface area contributed by atoms with Crippen LogP contribution in [0.1, 0.15) is 13.3 Å². The molecule has 0 bridgehead atoms. The zero-order valence-corrected chi connectivity index (χ0v) is 11.7. The first-order valence-electron chi connectivity index (χ1n) is 6.70. The number of hydrogen-bond acceptors (Lipinski definition) is 6. The average Bonchev–Trinajstić information content (AvgIpc) is 2.98. The van der Waals surface area contributed by atoms with Gasteiger partial charge < -0.3 is 10.1 Å². The first-order chi connectivity index (χ1) is 10.2. The molecule has 1 aromatic heterocycles. The lowest BCUT2D eigenvalue weighted by Gasteiger charge is -2.10. The summed E-state index contributed by atoms with van der Waals surface area (Å²) in [5.41, 5.74) is 0.747. The van der Waals surface area contributed by atoms with Gasteiger partial charge in [0.2, 0.25) is 0 Å². The van der Waals surface area contributed by atoms with Crippen LogP contribution < -0.4 is 10.1 Å².